The van der Waals surface area contributed by atoms with Gasteiger partial charge in [-0.05, 0) is 24.3 Å². The second kappa shape index (κ2) is 5.97. The molecule has 2 aromatic rings. The molecule has 24 heavy (non-hydrogen) atoms. The van der Waals surface area contributed by atoms with E-state index in [0.717, 1.165) is 0 Å². The number of anilines is 1. The lowest BCUT2D eigenvalue weighted by atomic mass is 10.1. The normalized spacial score (nSPS) is 13.1. The number of rotatable bonds is 4. The number of hydrogen-bond acceptors (Lipinski definition) is 6. The smallest absolute Gasteiger partial charge is 0.339 e. The van der Waals surface area contributed by atoms with Gasteiger partial charge in [-0.1, -0.05) is 18.2 Å². The average Bonchev–Trinajstić information content (AvgIpc) is 2.94. The summed E-state index contributed by atoms with van der Waals surface area (Å²) in [5, 5.41) is 0. The van der Waals surface area contributed by atoms with Gasteiger partial charge in [0.1, 0.15) is 11.5 Å². The molecule has 2 aromatic carbocycles. The Labute approximate surface area is 138 Å². The molecule has 1 N–H and O–H groups in total. The molecule has 124 valence electrons. The van der Waals surface area contributed by atoms with E-state index in [-0.39, 0.29) is 22.8 Å². The minimum atomic E-state index is -4.04. The lowest BCUT2D eigenvalue weighted by molar-refractivity contribution is 0.0534. The first-order chi connectivity index (χ1) is 11.4. The minimum Gasteiger partial charge on any atom is -0.465 e. The van der Waals surface area contributed by atoms with Crippen molar-refractivity contribution in [1.82, 2.24) is 0 Å². The molecule has 0 saturated heterocycles. The van der Waals surface area contributed by atoms with Crippen molar-refractivity contribution in [2.75, 3.05) is 11.8 Å². The maximum absolute atomic E-state index is 12.6. The molecule has 1 aliphatic heterocycles. The predicted molar refractivity (Wildman–Crippen MR) is 84.2 cm³/mol. The summed E-state index contributed by atoms with van der Waals surface area (Å²) in [6, 6.07) is 10.3. The van der Waals surface area contributed by atoms with E-state index in [1.807, 2.05) is 0 Å². The summed E-state index contributed by atoms with van der Waals surface area (Å²) in [6.07, 6.45) is 0. The van der Waals surface area contributed by atoms with Gasteiger partial charge in [0.2, 0.25) is 0 Å². The van der Waals surface area contributed by atoms with Gasteiger partial charge in [-0.3, -0.25) is 4.72 Å². The van der Waals surface area contributed by atoms with E-state index in [0.29, 0.717) is 11.1 Å². The van der Waals surface area contributed by atoms with Crippen LogP contribution in [0.1, 0.15) is 26.3 Å². The van der Waals surface area contributed by atoms with Gasteiger partial charge in [-0.25, -0.2) is 18.0 Å². The van der Waals surface area contributed by atoms with Crippen LogP contribution in [0.25, 0.3) is 0 Å². The third-order valence-corrected chi connectivity index (χ3v) is 4.96. The Morgan fingerprint density at radius 2 is 1.96 bits per heavy atom. The van der Waals surface area contributed by atoms with Crippen LogP contribution in [-0.2, 0) is 26.1 Å². The molecule has 0 aromatic heterocycles. The van der Waals surface area contributed by atoms with Gasteiger partial charge in [0.25, 0.3) is 10.0 Å². The van der Waals surface area contributed by atoms with E-state index in [9.17, 15) is 18.0 Å². The molecule has 7 nitrogen and oxygen atoms in total. The lowest BCUT2D eigenvalue weighted by Gasteiger charge is -2.11. The summed E-state index contributed by atoms with van der Waals surface area (Å²) in [5.41, 5.74) is 1.13. The first-order valence-corrected chi connectivity index (χ1v) is 8.41. The maximum atomic E-state index is 12.6. The SMILES string of the molecule is COC(=O)c1ccccc1S(=O)(=O)Nc1ccc2c(c1)C(=O)OC2. The Hall–Kier alpha value is -2.87. The van der Waals surface area contributed by atoms with Crippen LogP contribution in [0.15, 0.2) is 47.4 Å². The molecule has 0 spiro atoms. The molecule has 0 radical (unpaired) electrons. The molecule has 3 rings (SSSR count). The van der Waals surface area contributed by atoms with Crippen molar-refractivity contribution >= 4 is 27.6 Å². The zero-order valence-corrected chi connectivity index (χ0v) is 13.4. The highest BCUT2D eigenvalue weighted by molar-refractivity contribution is 7.92. The molecule has 0 fully saturated rings. The lowest BCUT2D eigenvalue weighted by Crippen LogP contribution is -2.17. The van der Waals surface area contributed by atoms with Crippen molar-refractivity contribution in [2.24, 2.45) is 0 Å². The number of fused-ring (bicyclic) bond motifs is 1. The van der Waals surface area contributed by atoms with Gasteiger partial charge < -0.3 is 9.47 Å². The number of carbonyl (C=O) groups is 2. The minimum absolute atomic E-state index is 0.0759. The molecular formula is C16H13NO6S. The zero-order chi connectivity index (χ0) is 17.3. The summed E-state index contributed by atoms with van der Waals surface area (Å²) < 4.78 is 37.0. The summed E-state index contributed by atoms with van der Waals surface area (Å²) in [4.78, 5) is 23.1. The second-order valence-corrected chi connectivity index (χ2v) is 6.69. The monoisotopic (exact) mass is 347 g/mol. The summed E-state index contributed by atoms with van der Waals surface area (Å²) in [7, 11) is -2.87. The Bertz CT molecular complexity index is 935. The fourth-order valence-electron chi connectivity index (χ4n) is 2.37. The molecule has 8 heteroatoms. The number of esters is 2. The van der Waals surface area contributed by atoms with Crippen molar-refractivity contribution in [2.45, 2.75) is 11.5 Å². The second-order valence-electron chi connectivity index (χ2n) is 5.04. The fraction of sp³-hybridized carbons (Fsp3) is 0.125. The van der Waals surface area contributed by atoms with E-state index >= 15 is 0 Å². The first kappa shape index (κ1) is 16.0. The highest BCUT2D eigenvalue weighted by atomic mass is 32.2. The number of cyclic esters (lactones) is 1. The van der Waals surface area contributed by atoms with E-state index < -0.39 is 22.0 Å². The number of nitrogens with one attached hydrogen (secondary N) is 1. The number of hydrogen-bond donors (Lipinski definition) is 1. The van der Waals surface area contributed by atoms with Crippen molar-refractivity contribution in [3.63, 3.8) is 0 Å². The van der Waals surface area contributed by atoms with Crippen molar-refractivity contribution in [1.29, 1.82) is 0 Å². The zero-order valence-electron chi connectivity index (χ0n) is 12.6. The van der Waals surface area contributed by atoms with Gasteiger partial charge >= 0.3 is 11.9 Å². The number of sulfonamides is 1. The van der Waals surface area contributed by atoms with Gasteiger partial charge in [0, 0.05) is 11.3 Å². The molecule has 0 aliphatic carbocycles. The van der Waals surface area contributed by atoms with E-state index in [4.69, 9.17) is 4.74 Å². The molecule has 0 unspecified atom stereocenters. The molecule has 0 atom stereocenters. The van der Waals surface area contributed by atoms with Crippen LogP contribution in [0.4, 0.5) is 5.69 Å². The molecule has 1 heterocycles. The molecule has 0 saturated carbocycles. The van der Waals surface area contributed by atoms with Gasteiger partial charge in [0.15, 0.2) is 0 Å². The molecule has 1 aliphatic rings. The molecular weight excluding hydrogens is 334 g/mol. The summed E-state index contributed by atoms with van der Waals surface area (Å²) in [5.74, 6) is -1.26. The quantitative estimate of drug-likeness (QED) is 0.849. The first-order valence-electron chi connectivity index (χ1n) is 6.92. The third kappa shape index (κ3) is 2.83. The standard InChI is InChI=1S/C16H13NO6S/c1-22-15(18)12-4-2-3-5-14(12)24(20,21)17-11-7-6-10-9-23-16(19)13(10)8-11/h2-8,17H,9H2,1H3. The number of methoxy groups -OCH3 is 1. The summed E-state index contributed by atoms with van der Waals surface area (Å²) in [6.45, 7) is 0.173. The Morgan fingerprint density at radius 1 is 1.21 bits per heavy atom. The van der Waals surface area contributed by atoms with Gasteiger partial charge in [-0.15, -0.1) is 0 Å². The van der Waals surface area contributed by atoms with Crippen LogP contribution in [-0.4, -0.2) is 27.5 Å². The predicted octanol–water partition coefficient (Wildman–Crippen LogP) is 1.94. The Morgan fingerprint density at radius 3 is 2.71 bits per heavy atom. The Kier molecular flexibility index (Phi) is 3.98. The van der Waals surface area contributed by atoms with Gasteiger partial charge in [-0.2, -0.15) is 0 Å². The van der Waals surface area contributed by atoms with Crippen LogP contribution in [0.2, 0.25) is 0 Å². The van der Waals surface area contributed by atoms with E-state index in [1.165, 1.54) is 43.5 Å². The number of carbonyl (C=O) groups excluding carboxylic acids is 2. The summed E-state index contributed by atoms with van der Waals surface area (Å²) >= 11 is 0. The number of ether oxygens (including phenoxy) is 2. The van der Waals surface area contributed by atoms with E-state index in [1.54, 1.807) is 6.07 Å². The number of benzene rings is 2. The van der Waals surface area contributed by atoms with Crippen LogP contribution < -0.4 is 4.72 Å². The topological polar surface area (TPSA) is 98.8 Å². The van der Waals surface area contributed by atoms with Crippen molar-refractivity contribution in [3.8, 4) is 0 Å². The van der Waals surface area contributed by atoms with Crippen LogP contribution in [0.3, 0.4) is 0 Å². The van der Waals surface area contributed by atoms with Crippen molar-refractivity contribution in [3.05, 3.63) is 59.2 Å². The average molecular weight is 347 g/mol. The molecule has 0 bridgehead atoms. The van der Waals surface area contributed by atoms with E-state index in [2.05, 4.69) is 9.46 Å². The van der Waals surface area contributed by atoms with Crippen LogP contribution >= 0.6 is 0 Å². The maximum Gasteiger partial charge on any atom is 0.339 e. The fourth-order valence-corrected chi connectivity index (χ4v) is 3.61. The van der Waals surface area contributed by atoms with Crippen LogP contribution in [0.5, 0.6) is 0 Å². The Balaban J connectivity index is 1.97. The highest BCUT2D eigenvalue weighted by Crippen LogP contribution is 2.26. The van der Waals surface area contributed by atoms with Crippen molar-refractivity contribution < 1.29 is 27.5 Å². The highest BCUT2D eigenvalue weighted by Gasteiger charge is 2.25. The third-order valence-electron chi connectivity index (χ3n) is 3.52. The van der Waals surface area contributed by atoms with Gasteiger partial charge in [0.05, 0.1) is 18.2 Å². The van der Waals surface area contributed by atoms with Crippen LogP contribution in [0, 0.1) is 0 Å². The largest absolute Gasteiger partial charge is 0.465 e. The molecule has 0 amide bonds.